The highest BCUT2D eigenvalue weighted by Gasteiger charge is 1.98. The summed E-state index contributed by atoms with van der Waals surface area (Å²) < 4.78 is 0. The van der Waals surface area contributed by atoms with E-state index in [1.807, 2.05) is 6.08 Å². The molecule has 0 atom stereocenters. The predicted octanol–water partition coefficient (Wildman–Crippen LogP) is 0.800. The third kappa shape index (κ3) is 1.37. The average Bonchev–Trinajstić information content (AvgIpc) is 1.94. The van der Waals surface area contributed by atoms with Gasteiger partial charge in [0.2, 0.25) is 5.91 Å². The van der Waals surface area contributed by atoms with E-state index in [9.17, 15) is 4.79 Å². The number of carbonyl (C=O) groups excluding carboxylic acids is 1. The molecule has 0 spiro atoms. The van der Waals surface area contributed by atoms with Crippen LogP contribution in [0.1, 0.15) is 19.3 Å². The summed E-state index contributed by atoms with van der Waals surface area (Å²) in [5.74, 6) is 0.138. The third-order valence-electron chi connectivity index (χ3n) is 1.14. The van der Waals surface area contributed by atoms with Crippen LogP contribution in [-0.2, 0) is 4.79 Å². The van der Waals surface area contributed by atoms with Crippen LogP contribution < -0.4 is 5.32 Å². The first kappa shape index (κ1) is 5.35. The molecule has 1 heterocycles. The zero-order chi connectivity index (χ0) is 5.82. The van der Waals surface area contributed by atoms with Crippen molar-refractivity contribution < 1.29 is 4.79 Å². The molecule has 8 heavy (non-hydrogen) atoms. The second-order valence-corrected chi connectivity index (χ2v) is 1.86. The van der Waals surface area contributed by atoms with Crippen LogP contribution in [0.4, 0.5) is 0 Å². The Kier molecular flexibility index (Phi) is 1.67. The molecule has 0 aliphatic carbocycles. The van der Waals surface area contributed by atoms with Crippen LogP contribution in [0.5, 0.6) is 0 Å². The Morgan fingerprint density at radius 1 is 1.62 bits per heavy atom. The van der Waals surface area contributed by atoms with Crippen molar-refractivity contribution in [3.63, 3.8) is 0 Å². The number of nitrogens with one attached hydrogen (secondary N) is 1. The maximum Gasteiger partial charge on any atom is 0.223 e. The fourth-order valence-corrected chi connectivity index (χ4v) is 0.688. The normalized spacial score (nSPS) is 19.8. The topological polar surface area (TPSA) is 29.1 Å². The Morgan fingerprint density at radius 3 is 3.38 bits per heavy atom. The van der Waals surface area contributed by atoms with Gasteiger partial charge in [-0.05, 0) is 19.0 Å². The van der Waals surface area contributed by atoms with Crippen LogP contribution in [0.3, 0.4) is 0 Å². The lowest BCUT2D eigenvalue weighted by Crippen LogP contribution is -2.14. The molecule has 1 N–H and O–H groups in total. The summed E-state index contributed by atoms with van der Waals surface area (Å²) >= 11 is 0. The van der Waals surface area contributed by atoms with Crippen molar-refractivity contribution in [3.8, 4) is 0 Å². The van der Waals surface area contributed by atoms with Crippen LogP contribution in [-0.4, -0.2) is 5.91 Å². The fraction of sp³-hybridized carbons (Fsp3) is 0.500. The molecular weight excluding hydrogens is 102 g/mol. The van der Waals surface area contributed by atoms with E-state index in [1.54, 1.807) is 6.20 Å². The van der Waals surface area contributed by atoms with Gasteiger partial charge in [0.15, 0.2) is 0 Å². The van der Waals surface area contributed by atoms with Crippen molar-refractivity contribution in [2.45, 2.75) is 19.3 Å². The zero-order valence-corrected chi connectivity index (χ0v) is 4.68. The highest BCUT2D eigenvalue weighted by molar-refractivity contribution is 5.77. The molecule has 44 valence electrons. The van der Waals surface area contributed by atoms with E-state index in [4.69, 9.17) is 0 Å². The van der Waals surface area contributed by atoms with Gasteiger partial charge in [-0.1, -0.05) is 6.08 Å². The van der Waals surface area contributed by atoms with E-state index < -0.39 is 0 Å². The molecule has 0 fully saturated rings. The number of rotatable bonds is 0. The van der Waals surface area contributed by atoms with E-state index in [1.165, 1.54) is 0 Å². The molecule has 0 aromatic heterocycles. The molecule has 0 aromatic carbocycles. The Balaban J connectivity index is 2.41. The van der Waals surface area contributed by atoms with Gasteiger partial charge in [-0.2, -0.15) is 0 Å². The van der Waals surface area contributed by atoms with Gasteiger partial charge in [0.1, 0.15) is 0 Å². The lowest BCUT2D eigenvalue weighted by molar-refractivity contribution is -0.120. The molecule has 0 radical (unpaired) electrons. The zero-order valence-electron chi connectivity index (χ0n) is 4.68. The summed E-state index contributed by atoms with van der Waals surface area (Å²) in [5.41, 5.74) is 0. The van der Waals surface area contributed by atoms with E-state index >= 15 is 0 Å². The van der Waals surface area contributed by atoms with E-state index in [-0.39, 0.29) is 5.91 Å². The smallest absolute Gasteiger partial charge is 0.223 e. The van der Waals surface area contributed by atoms with Crippen LogP contribution in [0.2, 0.25) is 0 Å². The van der Waals surface area contributed by atoms with E-state index in [2.05, 4.69) is 5.32 Å². The lowest BCUT2D eigenvalue weighted by Gasteiger charge is -1.90. The first-order chi connectivity index (χ1) is 3.89. The Hall–Kier alpha value is -0.790. The number of allylic oxidation sites excluding steroid dienone is 1. The first-order valence-corrected chi connectivity index (χ1v) is 2.84. The van der Waals surface area contributed by atoms with Gasteiger partial charge in [-0.15, -0.1) is 0 Å². The number of hydrogen-bond acceptors (Lipinski definition) is 1. The van der Waals surface area contributed by atoms with Crippen molar-refractivity contribution in [2.75, 3.05) is 0 Å². The molecule has 0 aromatic rings. The summed E-state index contributed by atoms with van der Waals surface area (Å²) in [5, 5.41) is 2.62. The highest BCUT2D eigenvalue weighted by atomic mass is 16.1. The molecule has 1 aliphatic rings. The Morgan fingerprint density at radius 2 is 2.50 bits per heavy atom. The van der Waals surface area contributed by atoms with Gasteiger partial charge in [-0.3, -0.25) is 4.79 Å². The minimum absolute atomic E-state index is 0.138. The highest BCUT2D eigenvalue weighted by Crippen LogP contribution is 1.98. The molecule has 0 saturated carbocycles. The molecular formula is C6H9NO. The Bertz CT molecular complexity index is 118. The van der Waals surface area contributed by atoms with Crippen molar-refractivity contribution in [2.24, 2.45) is 0 Å². The first-order valence-electron chi connectivity index (χ1n) is 2.84. The second-order valence-electron chi connectivity index (χ2n) is 1.86. The van der Waals surface area contributed by atoms with Gasteiger partial charge in [-0.25, -0.2) is 0 Å². The number of carbonyl (C=O) groups is 1. The van der Waals surface area contributed by atoms with Crippen molar-refractivity contribution in [1.82, 2.24) is 5.32 Å². The summed E-state index contributed by atoms with van der Waals surface area (Å²) in [6.07, 6.45) is 6.38. The Labute approximate surface area is 48.6 Å². The molecule has 0 unspecified atom stereocenters. The fourth-order valence-electron chi connectivity index (χ4n) is 0.688. The molecule has 0 saturated heterocycles. The van der Waals surface area contributed by atoms with Crippen molar-refractivity contribution in [1.29, 1.82) is 0 Å². The monoisotopic (exact) mass is 111 g/mol. The molecule has 1 amide bonds. The summed E-state index contributed by atoms with van der Waals surface area (Å²) in [6.45, 7) is 0. The van der Waals surface area contributed by atoms with Crippen LogP contribution in [0.25, 0.3) is 0 Å². The number of hydrogen-bond donors (Lipinski definition) is 1. The van der Waals surface area contributed by atoms with Gasteiger partial charge in [0.05, 0.1) is 0 Å². The minimum atomic E-state index is 0.138. The van der Waals surface area contributed by atoms with Gasteiger partial charge >= 0.3 is 0 Å². The maximum atomic E-state index is 10.5. The second kappa shape index (κ2) is 2.50. The SMILES string of the molecule is O=C1CCCC=CN1. The van der Waals surface area contributed by atoms with Gasteiger partial charge in [0, 0.05) is 6.42 Å². The van der Waals surface area contributed by atoms with Crippen LogP contribution in [0.15, 0.2) is 12.3 Å². The van der Waals surface area contributed by atoms with E-state index in [0.717, 1.165) is 12.8 Å². The van der Waals surface area contributed by atoms with Crippen molar-refractivity contribution in [3.05, 3.63) is 12.3 Å². The minimum Gasteiger partial charge on any atom is -0.333 e. The van der Waals surface area contributed by atoms with Crippen LogP contribution in [0, 0.1) is 0 Å². The molecule has 2 heteroatoms. The van der Waals surface area contributed by atoms with Crippen molar-refractivity contribution >= 4 is 5.91 Å². The third-order valence-corrected chi connectivity index (χ3v) is 1.14. The largest absolute Gasteiger partial charge is 0.333 e. The maximum absolute atomic E-state index is 10.5. The average molecular weight is 111 g/mol. The molecule has 2 nitrogen and oxygen atoms in total. The summed E-state index contributed by atoms with van der Waals surface area (Å²) in [7, 11) is 0. The standard InChI is InChI=1S/C6H9NO/c8-6-4-2-1-3-5-7-6/h3,5H,1-2,4H2,(H,7,8). The molecule has 1 rings (SSSR count). The number of amides is 1. The molecule has 1 aliphatic heterocycles. The van der Waals surface area contributed by atoms with Gasteiger partial charge < -0.3 is 5.32 Å². The predicted molar refractivity (Wildman–Crippen MR) is 31.1 cm³/mol. The summed E-state index contributed by atoms with van der Waals surface area (Å²) in [4.78, 5) is 10.5. The lowest BCUT2D eigenvalue weighted by atomic mass is 10.2. The van der Waals surface area contributed by atoms with Gasteiger partial charge in [0.25, 0.3) is 0 Å². The molecule has 0 bridgehead atoms. The van der Waals surface area contributed by atoms with E-state index in [0.29, 0.717) is 6.42 Å². The quantitative estimate of drug-likeness (QED) is 0.492. The van der Waals surface area contributed by atoms with Crippen LogP contribution >= 0.6 is 0 Å². The summed E-state index contributed by atoms with van der Waals surface area (Å²) in [6, 6.07) is 0.